The normalized spacial score (nSPS) is 10.6. The molecule has 1 aromatic heterocycles. The second kappa shape index (κ2) is 6.72. The van der Waals surface area contributed by atoms with Crippen LogP contribution in [0.15, 0.2) is 47.3 Å². The maximum Gasteiger partial charge on any atom is 0.287 e. The summed E-state index contributed by atoms with van der Waals surface area (Å²) in [6, 6.07) is 9.92. The number of halogens is 2. The Kier molecular flexibility index (Phi) is 4.47. The molecule has 25 heavy (non-hydrogen) atoms. The Morgan fingerprint density at radius 1 is 1.12 bits per heavy atom. The summed E-state index contributed by atoms with van der Waals surface area (Å²) >= 11 is 0. The van der Waals surface area contributed by atoms with Crippen molar-refractivity contribution in [1.29, 1.82) is 0 Å². The third-order valence-electron chi connectivity index (χ3n) is 3.60. The van der Waals surface area contributed by atoms with Crippen molar-refractivity contribution >= 4 is 5.69 Å². The maximum atomic E-state index is 13.9. The molecule has 0 saturated carbocycles. The quantitative estimate of drug-likeness (QED) is 0.747. The molecule has 0 bridgehead atoms. The molecule has 0 aliphatic rings. The summed E-state index contributed by atoms with van der Waals surface area (Å²) in [5.74, 6) is -1.27. The van der Waals surface area contributed by atoms with Gasteiger partial charge < -0.3 is 10.1 Å². The number of aryl methyl sites for hydroxylation is 1. The average molecular weight is 345 g/mol. The number of aromatic amines is 1. The first-order chi connectivity index (χ1) is 12.0. The molecule has 0 aliphatic carbocycles. The van der Waals surface area contributed by atoms with Crippen molar-refractivity contribution in [3.05, 3.63) is 70.0 Å². The summed E-state index contributed by atoms with van der Waals surface area (Å²) in [6.45, 7) is 1.89. The van der Waals surface area contributed by atoms with Crippen LogP contribution in [0.5, 0.6) is 11.5 Å². The van der Waals surface area contributed by atoms with Crippen LogP contribution in [0.4, 0.5) is 14.5 Å². The first-order valence-electron chi connectivity index (χ1n) is 7.49. The topological polar surface area (TPSA) is 67.0 Å². The van der Waals surface area contributed by atoms with Crippen molar-refractivity contribution in [2.45, 2.75) is 6.92 Å². The van der Waals surface area contributed by atoms with Gasteiger partial charge in [0, 0.05) is 20.1 Å². The predicted octanol–water partition coefficient (Wildman–Crippen LogP) is 4.10. The molecule has 5 nitrogen and oxygen atoms in total. The van der Waals surface area contributed by atoms with Gasteiger partial charge in [-0.15, -0.1) is 0 Å². The summed E-state index contributed by atoms with van der Waals surface area (Å²) in [7, 11) is 1.62. The largest absolute Gasteiger partial charge is 0.454 e. The van der Waals surface area contributed by atoms with Crippen LogP contribution in [-0.2, 0) is 0 Å². The van der Waals surface area contributed by atoms with Crippen LogP contribution in [0.3, 0.4) is 0 Å². The Bertz CT molecular complexity index is 992. The van der Waals surface area contributed by atoms with Gasteiger partial charge in [0.2, 0.25) is 0 Å². The Morgan fingerprint density at radius 3 is 2.60 bits per heavy atom. The number of hydrogen-bond donors (Lipinski definition) is 2. The minimum atomic E-state index is -0.808. The molecule has 0 fully saturated rings. The highest BCUT2D eigenvalue weighted by molar-refractivity contribution is 5.70. The predicted molar refractivity (Wildman–Crippen MR) is 93.1 cm³/mol. The lowest BCUT2D eigenvalue weighted by molar-refractivity contribution is 0.439. The van der Waals surface area contributed by atoms with Gasteiger partial charge in [0.25, 0.3) is 5.56 Å². The van der Waals surface area contributed by atoms with Crippen LogP contribution in [0.1, 0.15) is 6.99 Å². The molecule has 0 amide bonds. The third-order valence-corrected chi connectivity index (χ3v) is 3.60. The molecule has 130 valence electrons. The number of nitrogens with one attached hydrogen (secondary N) is 2. The highest BCUT2D eigenvalue weighted by Crippen LogP contribution is 2.34. The van der Waals surface area contributed by atoms with Crippen molar-refractivity contribution in [2.24, 2.45) is 0 Å². The number of nitrogens with zero attached hydrogens (tertiary/aromatic N) is 1. The number of hydrogen-bond acceptors (Lipinski definition) is 4. The van der Waals surface area contributed by atoms with Gasteiger partial charge in [-0.3, -0.25) is 4.79 Å². The second-order valence-corrected chi connectivity index (χ2v) is 5.42. The van der Waals surface area contributed by atoms with Crippen LogP contribution in [0, 0.1) is 18.6 Å². The number of H-pyrrole nitrogens is 1. The third kappa shape index (κ3) is 3.50. The highest BCUT2D eigenvalue weighted by atomic mass is 19.1. The molecule has 1 heterocycles. The molecule has 0 radical (unpaired) electrons. The smallest absolute Gasteiger partial charge is 0.287 e. The van der Waals surface area contributed by atoms with Gasteiger partial charge in [0.1, 0.15) is 17.3 Å². The molecule has 7 heteroatoms. The van der Waals surface area contributed by atoms with Crippen molar-refractivity contribution < 1.29 is 14.9 Å². The molecule has 2 aromatic carbocycles. The monoisotopic (exact) mass is 345 g/mol. The van der Waals surface area contributed by atoms with Crippen LogP contribution in [0.25, 0.3) is 11.3 Å². The lowest BCUT2D eigenvalue weighted by Crippen LogP contribution is -2.13. The van der Waals surface area contributed by atoms with E-state index in [1.165, 1.54) is 6.07 Å². The van der Waals surface area contributed by atoms with Gasteiger partial charge in [0.15, 0.2) is 11.6 Å². The Hall–Kier alpha value is -3.22. The second-order valence-electron chi connectivity index (χ2n) is 5.42. The van der Waals surface area contributed by atoms with Crippen LogP contribution >= 0.6 is 0 Å². The zero-order valence-electron chi connectivity index (χ0n) is 13.6. The summed E-state index contributed by atoms with van der Waals surface area (Å²) < 4.78 is 32.6. The van der Waals surface area contributed by atoms with E-state index in [4.69, 9.17) is 4.74 Å². The fourth-order valence-corrected chi connectivity index (χ4v) is 2.34. The van der Waals surface area contributed by atoms with E-state index in [1.54, 1.807) is 31.3 Å². The molecular weight excluding hydrogens is 328 g/mol. The number of aromatic nitrogens is 2. The van der Waals surface area contributed by atoms with Crippen LogP contribution in [0.2, 0.25) is 0 Å². The number of anilines is 1. The molecule has 0 saturated heterocycles. The van der Waals surface area contributed by atoms with Gasteiger partial charge >= 0.3 is 0 Å². The van der Waals surface area contributed by atoms with E-state index in [2.05, 4.69) is 15.5 Å². The Morgan fingerprint density at radius 2 is 1.88 bits per heavy atom. The number of rotatable bonds is 4. The molecule has 3 rings (SSSR count). The first kappa shape index (κ1) is 16.6. The minimum absolute atomic E-state index is 0. The lowest BCUT2D eigenvalue weighted by atomic mass is 10.1. The van der Waals surface area contributed by atoms with E-state index in [0.717, 1.165) is 17.7 Å². The minimum Gasteiger partial charge on any atom is -0.454 e. The molecule has 2 N–H and O–H groups in total. The standard InChI is InChI=1S/C18H15F2N3O2.H2/c1-10-3-5-16(25-17-6-4-11(19)8-13(17)20)12(7-10)14-9-15(21-2)18(24)23-22-14;/h3-9H,1-2H3,(H,21,22)(H,23,24);1H. The zero-order valence-corrected chi connectivity index (χ0v) is 13.6. The van der Waals surface area contributed by atoms with E-state index in [0.29, 0.717) is 22.7 Å². The van der Waals surface area contributed by atoms with Crippen molar-refractivity contribution in [3.8, 4) is 22.8 Å². The van der Waals surface area contributed by atoms with Gasteiger partial charge in [-0.05, 0) is 37.3 Å². The van der Waals surface area contributed by atoms with Gasteiger partial charge in [-0.1, -0.05) is 11.6 Å². The van der Waals surface area contributed by atoms with Gasteiger partial charge in [0.05, 0.1) is 5.69 Å². The molecule has 3 aromatic rings. The Labute approximate surface area is 143 Å². The molecule has 0 aliphatic heterocycles. The summed E-state index contributed by atoms with van der Waals surface area (Å²) in [5.41, 5.74) is 1.93. The van der Waals surface area contributed by atoms with Crippen molar-refractivity contribution in [1.82, 2.24) is 10.2 Å². The summed E-state index contributed by atoms with van der Waals surface area (Å²) in [4.78, 5) is 11.7. The lowest BCUT2D eigenvalue weighted by Gasteiger charge is -2.13. The van der Waals surface area contributed by atoms with Crippen LogP contribution in [-0.4, -0.2) is 17.2 Å². The van der Waals surface area contributed by atoms with Gasteiger partial charge in [-0.2, -0.15) is 5.10 Å². The van der Waals surface area contributed by atoms with Crippen molar-refractivity contribution in [2.75, 3.05) is 12.4 Å². The van der Waals surface area contributed by atoms with E-state index in [9.17, 15) is 13.6 Å². The fraction of sp³-hybridized carbons (Fsp3) is 0.111. The van der Waals surface area contributed by atoms with Gasteiger partial charge in [-0.25, -0.2) is 13.9 Å². The summed E-state index contributed by atoms with van der Waals surface area (Å²) in [5, 5.41) is 9.20. The van der Waals surface area contributed by atoms with E-state index in [-0.39, 0.29) is 12.7 Å². The van der Waals surface area contributed by atoms with Crippen LogP contribution < -0.4 is 15.6 Å². The number of benzene rings is 2. The van der Waals surface area contributed by atoms with E-state index >= 15 is 0 Å². The molecule has 0 spiro atoms. The van der Waals surface area contributed by atoms with E-state index < -0.39 is 11.6 Å². The highest BCUT2D eigenvalue weighted by Gasteiger charge is 2.14. The fourth-order valence-electron chi connectivity index (χ4n) is 2.34. The molecular formula is C18H17F2N3O2. The Balaban J connectivity index is 0.00000243. The first-order valence-corrected chi connectivity index (χ1v) is 7.49. The molecule has 0 unspecified atom stereocenters. The average Bonchev–Trinajstić information content (AvgIpc) is 2.59. The van der Waals surface area contributed by atoms with Crippen molar-refractivity contribution in [3.63, 3.8) is 0 Å². The maximum absolute atomic E-state index is 13.9. The SMILES string of the molecule is CNc1cc(-c2cc(C)ccc2Oc2ccc(F)cc2F)n[nH]c1=O.[HH]. The summed E-state index contributed by atoms with van der Waals surface area (Å²) in [6.07, 6.45) is 0. The van der Waals surface area contributed by atoms with E-state index in [1.807, 2.05) is 6.92 Å². The number of ether oxygens (including phenoxy) is 1. The molecule has 0 atom stereocenters. The zero-order chi connectivity index (χ0) is 18.0.